The minimum absolute atomic E-state index is 0.111. The fourth-order valence-electron chi connectivity index (χ4n) is 3.95. The van der Waals surface area contributed by atoms with Crippen LogP contribution in [0.15, 0.2) is 71.9 Å². The maximum Gasteiger partial charge on any atom is 0.354 e. The lowest BCUT2D eigenvalue weighted by molar-refractivity contribution is -0.671. The smallest absolute Gasteiger partial charge is 0.354 e. The highest BCUT2D eigenvalue weighted by molar-refractivity contribution is 7.15. The van der Waals surface area contributed by atoms with E-state index in [1.807, 2.05) is 56.3 Å². The summed E-state index contributed by atoms with van der Waals surface area (Å²) in [7, 11) is 0. The first-order chi connectivity index (χ1) is 15.9. The molecule has 0 aliphatic rings. The summed E-state index contributed by atoms with van der Waals surface area (Å²) >= 11 is 7.36. The van der Waals surface area contributed by atoms with Gasteiger partial charge < -0.3 is 5.11 Å². The second-order valence-corrected chi connectivity index (χ2v) is 9.55. The standard InChI is InChI=1S/C25H19ClN4O2S/c1-15-5-7-17(8-6-15)20-12-18(9-10-27-20)21-23(31)29-11-3-4-16(2)22(29)30(24(21)32)14-19-13-28-25(26)33-19/h3-13H,14H2,1-2H3/p+1. The van der Waals surface area contributed by atoms with Gasteiger partial charge in [-0.15, -0.1) is 11.3 Å². The molecular formula is C25H20ClN4O2S+. The van der Waals surface area contributed by atoms with Gasteiger partial charge in [0, 0.05) is 29.1 Å². The van der Waals surface area contributed by atoms with Crippen molar-refractivity contribution >= 4 is 28.6 Å². The second-order valence-electron chi connectivity index (χ2n) is 7.85. The van der Waals surface area contributed by atoms with Crippen LogP contribution in [0, 0.1) is 13.8 Å². The van der Waals surface area contributed by atoms with Crippen molar-refractivity contribution in [2.45, 2.75) is 20.4 Å². The number of benzene rings is 1. The van der Waals surface area contributed by atoms with Gasteiger partial charge in [-0.25, -0.2) is 9.78 Å². The summed E-state index contributed by atoms with van der Waals surface area (Å²) in [6.45, 7) is 4.26. The van der Waals surface area contributed by atoms with E-state index in [0.29, 0.717) is 22.2 Å². The lowest BCUT2D eigenvalue weighted by Gasteiger charge is -2.11. The molecule has 5 rings (SSSR count). The summed E-state index contributed by atoms with van der Waals surface area (Å²) in [5.74, 6) is -0.111. The molecule has 0 amide bonds. The Morgan fingerprint density at radius 1 is 1.09 bits per heavy atom. The molecule has 1 N–H and O–H groups in total. The van der Waals surface area contributed by atoms with Gasteiger partial charge in [0.15, 0.2) is 10.0 Å². The molecule has 0 aliphatic carbocycles. The summed E-state index contributed by atoms with van der Waals surface area (Å²) in [6.07, 6.45) is 5.05. The highest BCUT2D eigenvalue weighted by atomic mass is 35.5. The zero-order valence-electron chi connectivity index (χ0n) is 18.0. The van der Waals surface area contributed by atoms with Crippen molar-refractivity contribution < 1.29 is 9.67 Å². The molecule has 4 aromatic heterocycles. The highest BCUT2D eigenvalue weighted by Crippen LogP contribution is 2.28. The van der Waals surface area contributed by atoms with Crippen LogP contribution < -0.4 is 10.1 Å². The number of aromatic hydroxyl groups is 1. The molecule has 4 heterocycles. The van der Waals surface area contributed by atoms with E-state index in [0.717, 1.165) is 27.3 Å². The molecule has 5 aromatic rings. The summed E-state index contributed by atoms with van der Waals surface area (Å²) in [5.41, 5.74) is 4.79. The van der Waals surface area contributed by atoms with Crippen molar-refractivity contribution in [3.8, 4) is 28.3 Å². The van der Waals surface area contributed by atoms with Crippen molar-refractivity contribution in [1.29, 1.82) is 0 Å². The SMILES string of the molecule is Cc1ccc(-c2cc(-c3c(O)[n+](Cc4cnc(Cl)s4)c4c(C)cccn4c3=O)ccn2)cc1. The molecule has 0 saturated heterocycles. The Kier molecular flexibility index (Phi) is 5.44. The minimum atomic E-state index is -0.300. The van der Waals surface area contributed by atoms with Crippen LogP contribution in [0.4, 0.5) is 0 Å². The van der Waals surface area contributed by atoms with Gasteiger partial charge in [-0.1, -0.05) is 41.4 Å². The highest BCUT2D eigenvalue weighted by Gasteiger charge is 2.27. The monoisotopic (exact) mass is 475 g/mol. The van der Waals surface area contributed by atoms with Crippen LogP contribution in [0.5, 0.6) is 5.88 Å². The number of fused-ring (bicyclic) bond motifs is 1. The van der Waals surface area contributed by atoms with Gasteiger partial charge in [-0.3, -0.25) is 4.98 Å². The molecule has 0 atom stereocenters. The molecule has 1 aromatic carbocycles. The first-order valence-corrected chi connectivity index (χ1v) is 11.5. The van der Waals surface area contributed by atoms with E-state index in [-0.39, 0.29) is 17.0 Å². The largest absolute Gasteiger partial charge is 0.477 e. The van der Waals surface area contributed by atoms with Gasteiger partial charge in [-0.05, 0) is 38.1 Å². The van der Waals surface area contributed by atoms with E-state index in [1.54, 1.807) is 33.6 Å². The van der Waals surface area contributed by atoms with Crippen molar-refractivity contribution in [3.63, 3.8) is 0 Å². The number of nitrogens with zero attached hydrogens (tertiary/aromatic N) is 4. The molecule has 0 spiro atoms. The van der Waals surface area contributed by atoms with E-state index in [1.165, 1.54) is 11.3 Å². The third kappa shape index (κ3) is 3.90. The molecule has 0 saturated carbocycles. The first kappa shape index (κ1) is 21.3. The predicted octanol–water partition coefficient (Wildman–Crippen LogP) is 4.80. The Labute approximate surface area is 199 Å². The number of aryl methyl sites for hydroxylation is 2. The number of hydrogen-bond donors (Lipinski definition) is 1. The second kappa shape index (κ2) is 8.42. The fourth-order valence-corrected chi connectivity index (χ4v) is 4.92. The van der Waals surface area contributed by atoms with Crippen molar-refractivity contribution in [3.05, 3.63) is 97.9 Å². The molecule has 0 unspecified atom stereocenters. The Hall–Kier alpha value is -3.55. The van der Waals surface area contributed by atoms with Gasteiger partial charge in [-0.2, -0.15) is 8.97 Å². The number of pyridine rings is 2. The van der Waals surface area contributed by atoms with E-state index in [4.69, 9.17) is 11.6 Å². The zero-order valence-corrected chi connectivity index (χ0v) is 19.6. The third-order valence-corrected chi connectivity index (χ3v) is 6.66. The normalized spacial score (nSPS) is 11.2. The topological polar surface area (TPSA) is 71.4 Å². The quantitative estimate of drug-likeness (QED) is 0.379. The summed E-state index contributed by atoms with van der Waals surface area (Å²) in [4.78, 5) is 23.0. The van der Waals surface area contributed by atoms with Crippen molar-refractivity contribution in [1.82, 2.24) is 14.4 Å². The van der Waals surface area contributed by atoms with Crippen molar-refractivity contribution in [2.75, 3.05) is 0 Å². The van der Waals surface area contributed by atoms with Crippen LogP contribution in [0.2, 0.25) is 4.47 Å². The van der Waals surface area contributed by atoms with Gasteiger partial charge in [0.1, 0.15) is 6.54 Å². The van der Waals surface area contributed by atoms with E-state index >= 15 is 0 Å². The molecule has 0 fully saturated rings. The molecule has 8 heteroatoms. The third-order valence-electron chi connectivity index (χ3n) is 5.57. The van der Waals surface area contributed by atoms with Crippen molar-refractivity contribution in [2.24, 2.45) is 0 Å². The van der Waals surface area contributed by atoms with E-state index < -0.39 is 0 Å². The van der Waals surface area contributed by atoms with Gasteiger partial charge in [0.2, 0.25) is 0 Å². The summed E-state index contributed by atoms with van der Waals surface area (Å²) in [6, 6.07) is 15.3. The number of thiazole rings is 1. The Morgan fingerprint density at radius 2 is 1.88 bits per heavy atom. The van der Waals surface area contributed by atoms with Gasteiger partial charge >= 0.3 is 5.56 Å². The van der Waals surface area contributed by atoms with Crippen LogP contribution in [0.1, 0.15) is 16.0 Å². The Bertz CT molecular complexity index is 1560. The van der Waals surface area contributed by atoms with Crippen LogP contribution in [0.3, 0.4) is 0 Å². The lowest BCUT2D eigenvalue weighted by Crippen LogP contribution is -2.41. The molecule has 33 heavy (non-hydrogen) atoms. The molecule has 0 bridgehead atoms. The van der Waals surface area contributed by atoms with Gasteiger partial charge in [0.25, 0.3) is 11.5 Å². The summed E-state index contributed by atoms with van der Waals surface area (Å²) < 4.78 is 3.72. The molecule has 0 radical (unpaired) electrons. The van der Waals surface area contributed by atoms with Crippen LogP contribution in [0.25, 0.3) is 28.0 Å². The molecular weight excluding hydrogens is 456 g/mol. The predicted molar refractivity (Wildman–Crippen MR) is 130 cm³/mol. The average Bonchev–Trinajstić information content (AvgIpc) is 3.22. The summed E-state index contributed by atoms with van der Waals surface area (Å²) in [5, 5.41) is 11.4. The molecule has 164 valence electrons. The van der Waals surface area contributed by atoms with Crippen LogP contribution >= 0.6 is 22.9 Å². The number of rotatable bonds is 4. The van der Waals surface area contributed by atoms with E-state index in [9.17, 15) is 9.90 Å². The van der Waals surface area contributed by atoms with Crippen LogP contribution in [-0.4, -0.2) is 19.5 Å². The zero-order chi connectivity index (χ0) is 23.1. The van der Waals surface area contributed by atoms with E-state index in [2.05, 4.69) is 9.97 Å². The number of aromatic nitrogens is 4. The fraction of sp³-hybridized carbons (Fsp3) is 0.120. The molecule has 0 aliphatic heterocycles. The maximum atomic E-state index is 13.5. The maximum absolute atomic E-state index is 13.5. The number of hydrogen-bond acceptors (Lipinski definition) is 5. The minimum Gasteiger partial charge on any atom is -0.477 e. The Balaban J connectivity index is 1.75. The Morgan fingerprint density at radius 3 is 2.61 bits per heavy atom. The number of halogens is 1. The lowest BCUT2D eigenvalue weighted by atomic mass is 10.0. The first-order valence-electron chi connectivity index (χ1n) is 10.3. The van der Waals surface area contributed by atoms with Gasteiger partial charge in [0.05, 0.1) is 16.8 Å². The van der Waals surface area contributed by atoms with Crippen LogP contribution in [-0.2, 0) is 6.54 Å². The average molecular weight is 476 g/mol. The molecule has 6 nitrogen and oxygen atoms in total.